The van der Waals surface area contributed by atoms with E-state index in [1.54, 1.807) is 0 Å². The maximum Gasteiger partial charge on any atom is 0.0431 e. The maximum atomic E-state index is 8.73. The van der Waals surface area contributed by atoms with Crippen molar-refractivity contribution < 1.29 is 5.11 Å². The Morgan fingerprint density at radius 1 is 1.13 bits per heavy atom. The van der Waals surface area contributed by atoms with E-state index in [1.165, 1.54) is 25.8 Å². The van der Waals surface area contributed by atoms with Gasteiger partial charge in [-0.15, -0.1) is 0 Å². The van der Waals surface area contributed by atoms with Crippen molar-refractivity contribution in [3.63, 3.8) is 0 Å². The van der Waals surface area contributed by atoms with Gasteiger partial charge in [0.05, 0.1) is 0 Å². The lowest BCUT2D eigenvalue weighted by Crippen LogP contribution is -2.56. The van der Waals surface area contributed by atoms with Gasteiger partial charge < -0.3 is 14.9 Å². The molecule has 15 heavy (non-hydrogen) atoms. The van der Waals surface area contributed by atoms with Crippen LogP contribution in [-0.4, -0.2) is 61.3 Å². The third-order valence-corrected chi connectivity index (χ3v) is 3.75. The van der Waals surface area contributed by atoms with Gasteiger partial charge in [0.15, 0.2) is 0 Å². The minimum absolute atomic E-state index is 0.326. The molecule has 0 bridgehead atoms. The van der Waals surface area contributed by atoms with Gasteiger partial charge in [-0.05, 0) is 59.8 Å². The average Bonchev–Trinajstić information content (AvgIpc) is 2.11. The van der Waals surface area contributed by atoms with Crippen molar-refractivity contribution in [1.29, 1.82) is 0 Å². The van der Waals surface area contributed by atoms with E-state index in [9.17, 15) is 0 Å². The van der Waals surface area contributed by atoms with Crippen LogP contribution in [0.1, 0.15) is 32.1 Å². The van der Waals surface area contributed by atoms with Gasteiger partial charge >= 0.3 is 0 Å². The van der Waals surface area contributed by atoms with Crippen LogP contribution in [0.3, 0.4) is 0 Å². The van der Waals surface area contributed by atoms with Gasteiger partial charge in [0, 0.05) is 18.7 Å². The van der Waals surface area contributed by atoms with Crippen LogP contribution in [0.4, 0.5) is 0 Å². The standard InChI is InChI=1S/C12H26N2O/c1-13(2)12(7-6-8-12)11-14(3)9-4-5-10-15/h15H,4-11H2,1-3H3. The highest BCUT2D eigenvalue weighted by Gasteiger charge is 2.39. The Bertz CT molecular complexity index is 178. The van der Waals surface area contributed by atoms with Crippen LogP contribution >= 0.6 is 0 Å². The molecule has 0 radical (unpaired) electrons. The van der Waals surface area contributed by atoms with Crippen LogP contribution in [0.15, 0.2) is 0 Å². The molecule has 0 saturated heterocycles. The Morgan fingerprint density at radius 2 is 1.80 bits per heavy atom. The van der Waals surface area contributed by atoms with Crippen molar-refractivity contribution in [3.8, 4) is 0 Å². The minimum Gasteiger partial charge on any atom is -0.396 e. The molecule has 90 valence electrons. The first-order valence-corrected chi connectivity index (χ1v) is 6.07. The van der Waals surface area contributed by atoms with Gasteiger partial charge in [0.25, 0.3) is 0 Å². The first kappa shape index (κ1) is 12.9. The van der Waals surface area contributed by atoms with Gasteiger partial charge in [0.1, 0.15) is 0 Å². The van der Waals surface area contributed by atoms with Crippen LogP contribution in [0.5, 0.6) is 0 Å². The molecule has 0 heterocycles. The summed E-state index contributed by atoms with van der Waals surface area (Å²) in [6.07, 6.45) is 6.09. The molecule has 1 rings (SSSR count). The summed E-state index contributed by atoms with van der Waals surface area (Å²) in [5, 5.41) is 8.73. The van der Waals surface area contributed by atoms with Crippen LogP contribution in [0.25, 0.3) is 0 Å². The fourth-order valence-corrected chi connectivity index (χ4v) is 2.41. The molecular formula is C12H26N2O. The highest BCUT2D eigenvalue weighted by atomic mass is 16.2. The fraction of sp³-hybridized carbons (Fsp3) is 1.00. The summed E-state index contributed by atoms with van der Waals surface area (Å²) in [5.74, 6) is 0. The summed E-state index contributed by atoms with van der Waals surface area (Å²) in [4.78, 5) is 4.80. The molecule has 0 unspecified atom stereocenters. The zero-order valence-corrected chi connectivity index (χ0v) is 10.5. The highest BCUT2D eigenvalue weighted by Crippen LogP contribution is 2.36. The predicted octanol–water partition coefficient (Wildman–Crippen LogP) is 1.17. The second kappa shape index (κ2) is 5.83. The largest absolute Gasteiger partial charge is 0.396 e. The molecule has 0 amide bonds. The Kier molecular flexibility index (Phi) is 5.03. The van der Waals surface area contributed by atoms with Gasteiger partial charge in [-0.3, -0.25) is 0 Å². The van der Waals surface area contributed by atoms with Gasteiger partial charge in [-0.1, -0.05) is 0 Å². The number of rotatable bonds is 7. The second-order valence-corrected chi connectivity index (χ2v) is 5.14. The first-order valence-electron chi connectivity index (χ1n) is 6.07. The number of hydrogen-bond donors (Lipinski definition) is 1. The van der Waals surface area contributed by atoms with Gasteiger partial charge in [-0.2, -0.15) is 0 Å². The zero-order chi connectivity index (χ0) is 11.3. The molecule has 0 aromatic heterocycles. The minimum atomic E-state index is 0.326. The normalized spacial score (nSPS) is 19.6. The summed E-state index contributed by atoms with van der Waals surface area (Å²) in [6.45, 7) is 2.61. The molecular weight excluding hydrogens is 188 g/mol. The van der Waals surface area contributed by atoms with Crippen LogP contribution in [0, 0.1) is 0 Å². The highest BCUT2D eigenvalue weighted by molar-refractivity contribution is 4.97. The fourth-order valence-electron chi connectivity index (χ4n) is 2.41. The Balaban J connectivity index is 2.26. The predicted molar refractivity (Wildman–Crippen MR) is 64.1 cm³/mol. The molecule has 1 saturated carbocycles. The second-order valence-electron chi connectivity index (χ2n) is 5.14. The van der Waals surface area contributed by atoms with E-state index in [0.717, 1.165) is 19.4 Å². The lowest BCUT2D eigenvalue weighted by molar-refractivity contribution is 0.0273. The van der Waals surface area contributed by atoms with E-state index in [0.29, 0.717) is 12.1 Å². The third-order valence-electron chi connectivity index (χ3n) is 3.75. The first-order chi connectivity index (χ1) is 7.10. The molecule has 3 heteroatoms. The number of aliphatic hydroxyl groups excluding tert-OH is 1. The van der Waals surface area contributed by atoms with Crippen LogP contribution in [0.2, 0.25) is 0 Å². The number of unbranched alkanes of at least 4 members (excludes halogenated alkanes) is 1. The van der Waals surface area contributed by atoms with Crippen molar-refractivity contribution in [2.75, 3.05) is 40.8 Å². The lowest BCUT2D eigenvalue weighted by atomic mass is 9.75. The van der Waals surface area contributed by atoms with Crippen molar-refractivity contribution in [3.05, 3.63) is 0 Å². The topological polar surface area (TPSA) is 26.7 Å². The maximum absolute atomic E-state index is 8.73. The molecule has 0 atom stereocenters. The summed E-state index contributed by atoms with van der Waals surface area (Å²) in [6, 6.07) is 0. The summed E-state index contributed by atoms with van der Waals surface area (Å²) < 4.78 is 0. The van der Waals surface area contributed by atoms with E-state index < -0.39 is 0 Å². The Labute approximate surface area is 94.1 Å². The summed E-state index contributed by atoms with van der Waals surface area (Å²) in [7, 11) is 6.59. The molecule has 3 nitrogen and oxygen atoms in total. The zero-order valence-electron chi connectivity index (χ0n) is 10.5. The van der Waals surface area contributed by atoms with E-state index in [-0.39, 0.29) is 0 Å². The number of nitrogens with zero attached hydrogens (tertiary/aromatic N) is 2. The van der Waals surface area contributed by atoms with Gasteiger partial charge in [-0.25, -0.2) is 0 Å². The van der Waals surface area contributed by atoms with Crippen LogP contribution < -0.4 is 0 Å². The van der Waals surface area contributed by atoms with Crippen LogP contribution in [-0.2, 0) is 0 Å². The monoisotopic (exact) mass is 214 g/mol. The third kappa shape index (κ3) is 3.44. The van der Waals surface area contributed by atoms with Gasteiger partial charge in [0.2, 0.25) is 0 Å². The average molecular weight is 214 g/mol. The van der Waals surface area contributed by atoms with E-state index in [1.807, 2.05) is 0 Å². The molecule has 1 N–H and O–H groups in total. The van der Waals surface area contributed by atoms with E-state index in [2.05, 4.69) is 30.9 Å². The SMILES string of the molecule is CN(CCCCO)CC1(N(C)C)CCC1. The molecule has 0 aromatic carbocycles. The molecule has 1 fully saturated rings. The summed E-state index contributed by atoms with van der Waals surface area (Å²) >= 11 is 0. The molecule has 1 aliphatic rings. The number of aliphatic hydroxyl groups is 1. The lowest BCUT2D eigenvalue weighted by Gasteiger charge is -2.49. The van der Waals surface area contributed by atoms with Crippen molar-refractivity contribution >= 4 is 0 Å². The van der Waals surface area contributed by atoms with Crippen molar-refractivity contribution in [2.45, 2.75) is 37.6 Å². The Hall–Kier alpha value is -0.120. The van der Waals surface area contributed by atoms with Crippen molar-refractivity contribution in [2.24, 2.45) is 0 Å². The molecule has 0 spiro atoms. The van der Waals surface area contributed by atoms with E-state index in [4.69, 9.17) is 5.11 Å². The molecule has 1 aliphatic carbocycles. The smallest absolute Gasteiger partial charge is 0.0431 e. The number of hydrogen-bond acceptors (Lipinski definition) is 3. The quantitative estimate of drug-likeness (QED) is 0.645. The molecule has 0 aromatic rings. The summed E-state index contributed by atoms with van der Waals surface area (Å²) in [5.41, 5.74) is 0.438. The van der Waals surface area contributed by atoms with Crippen molar-refractivity contribution in [1.82, 2.24) is 9.80 Å². The van der Waals surface area contributed by atoms with E-state index >= 15 is 0 Å². The molecule has 0 aliphatic heterocycles. The number of likely N-dealkylation sites (N-methyl/N-ethyl adjacent to an activating group) is 2. The Morgan fingerprint density at radius 3 is 2.20 bits per heavy atom.